The smallest absolute Gasteiger partial charge is 0.0605 e. The van der Waals surface area contributed by atoms with E-state index in [4.69, 9.17) is 0 Å². The van der Waals surface area contributed by atoms with Gasteiger partial charge in [-0.2, -0.15) is 0 Å². The van der Waals surface area contributed by atoms with Gasteiger partial charge in [0.15, 0.2) is 0 Å². The van der Waals surface area contributed by atoms with Crippen molar-refractivity contribution in [1.29, 1.82) is 0 Å². The third-order valence-corrected chi connectivity index (χ3v) is 3.59. The van der Waals surface area contributed by atoms with Crippen LogP contribution in [0.2, 0.25) is 0 Å². The average molecular weight is 256 g/mol. The molecular formula is C17H24N2. The summed E-state index contributed by atoms with van der Waals surface area (Å²) < 4.78 is 0. The van der Waals surface area contributed by atoms with E-state index in [0.717, 1.165) is 13.0 Å². The van der Waals surface area contributed by atoms with Gasteiger partial charge in [-0.15, -0.1) is 0 Å². The first-order valence-electron chi connectivity index (χ1n) is 7.34. The second-order valence-corrected chi connectivity index (χ2v) is 5.06. The highest BCUT2D eigenvalue weighted by molar-refractivity contribution is 5.26. The maximum absolute atomic E-state index is 4.57. The van der Waals surface area contributed by atoms with Crippen LogP contribution < -0.4 is 5.32 Å². The number of hydrogen-bond donors (Lipinski definition) is 1. The van der Waals surface area contributed by atoms with Crippen molar-refractivity contribution in [2.45, 2.75) is 45.6 Å². The van der Waals surface area contributed by atoms with Crippen LogP contribution in [-0.4, -0.2) is 11.5 Å². The molecule has 1 aromatic rings. The Kier molecular flexibility index (Phi) is 5.34. The van der Waals surface area contributed by atoms with Gasteiger partial charge in [0, 0.05) is 12.7 Å². The van der Waals surface area contributed by atoms with Gasteiger partial charge in [0.1, 0.15) is 0 Å². The van der Waals surface area contributed by atoms with E-state index >= 15 is 0 Å². The fraction of sp³-hybridized carbons (Fsp3) is 0.471. The van der Waals surface area contributed by atoms with Crippen LogP contribution >= 0.6 is 0 Å². The topological polar surface area (TPSA) is 24.9 Å². The van der Waals surface area contributed by atoms with E-state index in [1.54, 1.807) is 0 Å². The number of allylic oxidation sites excluding steroid dienone is 2. The molecule has 102 valence electrons. The normalized spacial score (nSPS) is 19.7. The van der Waals surface area contributed by atoms with Crippen LogP contribution in [0.25, 0.3) is 0 Å². The molecule has 0 saturated carbocycles. The summed E-state index contributed by atoms with van der Waals surface area (Å²) in [4.78, 5) is 4.57. The summed E-state index contributed by atoms with van der Waals surface area (Å²) >= 11 is 0. The molecule has 0 bridgehead atoms. The molecule has 2 rings (SSSR count). The maximum atomic E-state index is 4.57. The van der Waals surface area contributed by atoms with Crippen molar-refractivity contribution in [3.05, 3.63) is 53.4 Å². The Morgan fingerprint density at radius 1 is 1.53 bits per heavy atom. The van der Waals surface area contributed by atoms with Crippen molar-refractivity contribution in [1.82, 2.24) is 10.3 Å². The second-order valence-electron chi connectivity index (χ2n) is 5.06. The van der Waals surface area contributed by atoms with Gasteiger partial charge in [0.2, 0.25) is 0 Å². The zero-order chi connectivity index (χ0) is 13.5. The first-order chi connectivity index (χ1) is 9.35. The molecule has 0 radical (unpaired) electrons. The molecule has 1 heterocycles. The zero-order valence-corrected chi connectivity index (χ0v) is 12.0. The number of nitrogens with one attached hydrogen (secondary N) is 1. The van der Waals surface area contributed by atoms with Crippen LogP contribution in [0.4, 0.5) is 0 Å². The minimum absolute atomic E-state index is 0.412. The van der Waals surface area contributed by atoms with Gasteiger partial charge < -0.3 is 5.32 Å². The minimum Gasteiger partial charge on any atom is -0.305 e. The Balaban J connectivity index is 2.03. The lowest BCUT2D eigenvalue weighted by Gasteiger charge is -2.25. The maximum Gasteiger partial charge on any atom is 0.0605 e. The Labute approximate surface area is 116 Å². The minimum atomic E-state index is 0.412. The van der Waals surface area contributed by atoms with E-state index in [9.17, 15) is 0 Å². The Hall–Kier alpha value is -1.41. The highest BCUT2D eigenvalue weighted by atomic mass is 14.9. The van der Waals surface area contributed by atoms with E-state index in [2.05, 4.69) is 48.4 Å². The fourth-order valence-corrected chi connectivity index (χ4v) is 2.72. The number of rotatable bonds is 5. The number of hydrogen-bond acceptors (Lipinski definition) is 2. The summed E-state index contributed by atoms with van der Waals surface area (Å²) in [5.41, 5.74) is 4.04. The molecule has 0 amide bonds. The van der Waals surface area contributed by atoms with Gasteiger partial charge in [0.05, 0.1) is 11.7 Å². The summed E-state index contributed by atoms with van der Waals surface area (Å²) in [5.74, 6) is 0. The first-order valence-corrected chi connectivity index (χ1v) is 7.34. The lowest BCUT2D eigenvalue weighted by atomic mass is 9.92. The van der Waals surface area contributed by atoms with Crippen LogP contribution in [0.5, 0.6) is 0 Å². The summed E-state index contributed by atoms with van der Waals surface area (Å²) in [6.45, 7) is 5.18. The SMILES string of the molecule is C/C=C\C(=C/CC)CNC1CCCc2cccnc21. The van der Waals surface area contributed by atoms with Gasteiger partial charge in [-0.1, -0.05) is 31.2 Å². The fourth-order valence-electron chi connectivity index (χ4n) is 2.72. The number of aryl methyl sites for hydroxylation is 1. The molecule has 0 saturated heterocycles. The van der Waals surface area contributed by atoms with Crippen LogP contribution in [0.3, 0.4) is 0 Å². The molecule has 1 N–H and O–H groups in total. The number of nitrogens with zero attached hydrogens (tertiary/aromatic N) is 1. The van der Waals surface area contributed by atoms with Crippen molar-refractivity contribution in [2.24, 2.45) is 0 Å². The van der Waals surface area contributed by atoms with Crippen molar-refractivity contribution in [2.75, 3.05) is 6.54 Å². The van der Waals surface area contributed by atoms with Crippen molar-refractivity contribution < 1.29 is 0 Å². The molecule has 1 atom stereocenters. The van der Waals surface area contributed by atoms with Crippen LogP contribution in [0, 0.1) is 0 Å². The highest BCUT2D eigenvalue weighted by Crippen LogP contribution is 2.27. The molecule has 2 heteroatoms. The van der Waals surface area contributed by atoms with Crippen molar-refractivity contribution in [3.63, 3.8) is 0 Å². The van der Waals surface area contributed by atoms with E-state index < -0.39 is 0 Å². The molecule has 1 aliphatic rings. The average Bonchev–Trinajstić information content (AvgIpc) is 2.45. The zero-order valence-electron chi connectivity index (χ0n) is 12.0. The second kappa shape index (κ2) is 7.25. The van der Waals surface area contributed by atoms with E-state index in [1.165, 1.54) is 36.1 Å². The van der Waals surface area contributed by atoms with Crippen molar-refractivity contribution >= 4 is 0 Å². The predicted molar refractivity (Wildman–Crippen MR) is 81.1 cm³/mol. The lowest BCUT2D eigenvalue weighted by molar-refractivity contribution is 0.465. The molecular weight excluding hydrogens is 232 g/mol. The largest absolute Gasteiger partial charge is 0.305 e. The molecule has 0 aromatic carbocycles. The van der Waals surface area contributed by atoms with E-state index in [1.807, 2.05) is 12.3 Å². The summed E-state index contributed by atoms with van der Waals surface area (Å²) in [7, 11) is 0. The van der Waals surface area contributed by atoms with Gasteiger partial charge in [-0.25, -0.2) is 0 Å². The molecule has 0 aliphatic heterocycles. The monoisotopic (exact) mass is 256 g/mol. The Morgan fingerprint density at radius 2 is 2.42 bits per heavy atom. The number of fused-ring (bicyclic) bond motifs is 1. The molecule has 0 fully saturated rings. The number of aromatic nitrogens is 1. The van der Waals surface area contributed by atoms with Crippen LogP contribution in [-0.2, 0) is 6.42 Å². The standard InChI is InChI=1S/C17H24N2/c1-3-7-14(8-4-2)13-19-16-11-5-9-15-10-6-12-18-17(15)16/h3,6-8,10,12,16,19H,4-5,9,11,13H2,1-2H3/b7-3-,14-8+. The summed E-state index contributed by atoms with van der Waals surface area (Å²) in [6.07, 6.45) is 13.2. The lowest BCUT2D eigenvalue weighted by Crippen LogP contribution is -2.27. The molecule has 0 spiro atoms. The molecule has 1 aromatic heterocycles. The van der Waals surface area contributed by atoms with E-state index in [-0.39, 0.29) is 0 Å². The first kappa shape index (κ1) is 14.0. The van der Waals surface area contributed by atoms with Gasteiger partial charge in [-0.3, -0.25) is 4.98 Å². The third kappa shape index (κ3) is 3.77. The summed E-state index contributed by atoms with van der Waals surface area (Å²) in [5, 5.41) is 3.67. The van der Waals surface area contributed by atoms with Crippen molar-refractivity contribution in [3.8, 4) is 0 Å². The molecule has 1 aliphatic carbocycles. The van der Waals surface area contributed by atoms with E-state index in [0.29, 0.717) is 6.04 Å². The molecule has 1 unspecified atom stereocenters. The molecule has 2 nitrogen and oxygen atoms in total. The Morgan fingerprint density at radius 3 is 3.21 bits per heavy atom. The Bertz CT molecular complexity index is 460. The molecule has 19 heavy (non-hydrogen) atoms. The summed E-state index contributed by atoms with van der Waals surface area (Å²) in [6, 6.07) is 4.67. The number of pyridine rings is 1. The predicted octanol–water partition coefficient (Wildman–Crippen LogP) is 3.96. The van der Waals surface area contributed by atoms with Gasteiger partial charge >= 0.3 is 0 Å². The highest BCUT2D eigenvalue weighted by Gasteiger charge is 2.20. The van der Waals surface area contributed by atoms with Crippen LogP contribution in [0.15, 0.2) is 42.1 Å². The third-order valence-electron chi connectivity index (χ3n) is 3.59. The van der Waals surface area contributed by atoms with Gasteiger partial charge in [-0.05, 0) is 49.8 Å². The van der Waals surface area contributed by atoms with Crippen LogP contribution in [0.1, 0.15) is 50.4 Å². The van der Waals surface area contributed by atoms with Gasteiger partial charge in [0.25, 0.3) is 0 Å². The quantitative estimate of drug-likeness (QED) is 0.807.